The van der Waals surface area contributed by atoms with E-state index in [2.05, 4.69) is 0 Å². The summed E-state index contributed by atoms with van der Waals surface area (Å²) in [5.41, 5.74) is 0. The summed E-state index contributed by atoms with van der Waals surface area (Å²) in [7, 11) is 0. The van der Waals surface area contributed by atoms with Gasteiger partial charge < -0.3 is 0 Å². The highest BCUT2D eigenvalue weighted by Crippen LogP contribution is 2.07. The summed E-state index contributed by atoms with van der Waals surface area (Å²) in [5.74, 6) is 4.51. The Morgan fingerprint density at radius 3 is 1.90 bits per heavy atom. The number of nitrogens with two attached hydrogens (primary N) is 1. The molecule has 1 heterocycles. The third kappa shape index (κ3) is 1.68. The molecule has 0 atom stereocenters. The van der Waals surface area contributed by atoms with Gasteiger partial charge in [0.2, 0.25) is 11.8 Å². The first-order valence-corrected chi connectivity index (χ1v) is 2.82. The van der Waals surface area contributed by atoms with Crippen LogP contribution in [0.1, 0.15) is 19.3 Å². The lowest BCUT2D eigenvalue weighted by Gasteiger charge is -2.18. The second-order valence-corrected chi connectivity index (χ2v) is 2.01. The van der Waals surface area contributed by atoms with Gasteiger partial charge in [0, 0.05) is 12.8 Å². The van der Waals surface area contributed by atoms with Crippen LogP contribution in [0.25, 0.3) is 0 Å². The fourth-order valence-electron chi connectivity index (χ4n) is 0.771. The van der Waals surface area contributed by atoms with Gasteiger partial charge in [0.1, 0.15) is 0 Å². The maximum atomic E-state index is 10.6. The monoisotopic (exact) mass is 164 g/mol. The Bertz CT molecular complexity index is 144. The lowest BCUT2D eigenvalue weighted by molar-refractivity contribution is -0.148. The molecule has 0 bridgehead atoms. The predicted molar refractivity (Wildman–Crippen MR) is 37.1 cm³/mol. The Kier molecular flexibility index (Phi) is 3.32. The molecular formula is C5H9ClN2O2. The van der Waals surface area contributed by atoms with Gasteiger partial charge in [0.05, 0.1) is 0 Å². The van der Waals surface area contributed by atoms with Crippen LogP contribution in [0, 0.1) is 0 Å². The van der Waals surface area contributed by atoms with E-state index in [-0.39, 0.29) is 24.2 Å². The van der Waals surface area contributed by atoms with Crippen LogP contribution >= 0.6 is 12.4 Å². The highest BCUT2D eigenvalue weighted by Gasteiger charge is 2.21. The minimum atomic E-state index is -0.272. The number of hydrazine groups is 1. The second kappa shape index (κ2) is 3.53. The van der Waals surface area contributed by atoms with Crippen molar-refractivity contribution in [3.8, 4) is 0 Å². The quantitative estimate of drug-likeness (QED) is 0.307. The minimum absolute atomic E-state index is 0. The Morgan fingerprint density at radius 1 is 1.20 bits per heavy atom. The average molecular weight is 165 g/mol. The predicted octanol–water partition coefficient (Wildman–Crippen LogP) is -0.179. The third-order valence-electron chi connectivity index (χ3n) is 1.32. The molecule has 0 aliphatic carbocycles. The van der Waals surface area contributed by atoms with Gasteiger partial charge in [-0.1, -0.05) is 0 Å². The van der Waals surface area contributed by atoms with E-state index in [1.807, 2.05) is 0 Å². The van der Waals surface area contributed by atoms with Crippen molar-refractivity contribution in [2.75, 3.05) is 0 Å². The van der Waals surface area contributed by atoms with Gasteiger partial charge in [-0.05, 0) is 6.42 Å². The van der Waals surface area contributed by atoms with Crippen LogP contribution in [0.2, 0.25) is 0 Å². The highest BCUT2D eigenvalue weighted by molar-refractivity contribution is 5.96. The first-order valence-electron chi connectivity index (χ1n) is 2.82. The summed E-state index contributed by atoms with van der Waals surface area (Å²) in [6.07, 6.45) is 1.45. The molecule has 2 N–H and O–H groups in total. The van der Waals surface area contributed by atoms with Crippen LogP contribution in [0.4, 0.5) is 0 Å². The molecule has 4 nitrogen and oxygen atoms in total. The maximum Gasteiger partial charge on any atom is 0.243 e. The molecule has 5 heteroatoms. The van der Waals surface area contributed by atoms with Gasteiger partial charge in [0.25, 0.3) is 0 Å². The zero-order chi connectivity index (χ0) is 6.85. The normalized spacial score (nSPS) is 18.7. The first-order chi connectivity index (χ1) is 4.22. The number of carbonyl (C=O) groups excluding carboxylic acids is 2. The molecule has 0 radical (unpaired) electrons. The van der Waals surface area contributed by atoms with E-state index in [1.54, 1.807) is 0 Å². The second-order valence-electron chi connectivity index (χ2n) is 2.01. The molecule has 0 aromatic heterocycles. The van der Waals surface area contributed by atoms with E-state index < -0.39 is 0 Å². The standard InChI is InChI=1S/C5H8N2O2.ClH/c6-7-4(8)2-1-3-5(7)9;/h1-3,6H2;1H. The number of halogens is 1. The summed E-state index contributed by atoms with van der Waals surface area (Å²) in [5, 5.41) is 0.698. The van der Waals surface area contributed by atoms with Crippen LogP contribution in [-0.2, 0) is 9.59 Å². The number of rotatable bonds is 0. The zero-order valence-electron chi connectivity index (χ0n) is 5.37. The van der Waals surface area contributed by atoms with Gasteiger partial charge in [-0.15, -0.1) is 12.4 Å². The van der Waals surface area contributed by atoms with Crippen LogP contribution in [0.15, 0.2) is 0 Å². The smallest absolute Gasteiger partial charge is 0.243 e. The topological polar surface area (TPSA) is 63.4 Å². The van der Waals surface area contributed by atoms with Crippen molar-refractivity contribution < 1.29 is 9.59 Å². The molecular weight excluding hydrogens is 156 g/mol. The van der Waals surface area contributed by atoms with E-state index in [0.29, 0.717) is 24.3 Å². The molecule has 0 saturated carbocycles. The van der Waals surface area contributed by atoms with Gasteiger partial charge in [-0.25, -0.2) is 10.9 Å². The van der Waals surface area contributed by atoms with Crippen molar-refractivity contribution in [1.29, 1.82) is 0 Å². The van der Waals surface area contributed by atoms with Gasteiger partial charge in [-0.2, -0.15) is 0 Å². The van der Waals surface area contributed by atoms with Crippen molar-refractivity contribution in [2.24, 2.45) is 5.84 Å². The lowest BCUT2D eigenvalue weighted by Crippen LogP contribution is -2.45. The van der Waals surface area contributed by atoms with Gasteiger partial charge in [0.15, 0.2) is 0 Å². The summed E-state index contributed by atoms with van der Waals surface area (Å²) >= 11 is 0. The average Bonchev–Trinajstić information content (AvgIpc) is 1.83. The van der Waals surface area contributed by atoms with Crippen molar-refractivity contribution in [3.63, 3.8) is 0 Å². The number of imide groups is 1. The molecule has 0 aromatic rings. The molecule has 1 saturated heterocycles. The van der Waals surface area contributed by atoms with Crippen molar-refractivity contribution in [3.05, 3.63) is 0 Å². The first kappa shape index (κ1) is 9.39. The molecule has 58 valence electrons. The van der Waals surface area contributed by atoms with Gasteiger partial charge >= 0.3 is 0 Å². The summed E-state index contributed by atoms with van der Waals surface area (Å²) in [6, 6.07) is 0. The van der Waals surface area contributed by atoms with Crippen LogP contribution < -0.4 is 5.84 Å². The van der Waals surface area contributed by atoms with E-state index >= 15 is 0 Å². The molecule has 10 heavy (non-hydrogen) atoms. The van der Waals surface area contributed by atoms with Crippen molar-refractivity contribution in [1.82, 2.24) is 5.01 Å². The Labute approximate surface area is 64.7 Å². The van der Waals surface area contributed by atoms with Crippen LogP contribution in [0.5, 0.6) is 0 Å². The number of hydrogen-bond donors (Lipinski definition) is 1. The number of carbonyl (C=O) groups is 2. The molecule has 0 aromatic carbocycles. The van der Waals surface area contributed by atoms with Gasteiger partial charge in [-0.3, -0.25) is 9.59 Å². The molecule has 2 amide bonds. The molecule has 0 spiro atoms. The van der Waals surface area contributed by atoms with Crippen LogP contribution in [-0.4, -0.2) is 16.8 Å². The maximum absolute atomic E-state index is 10.6. The molecule has 0 unspecified atom stereocenters. The fraction of sp³-hybridized carbons (Fsp3) is 0.600. The van der Waals surface area contributed by atoms with Crippen LogP contribution in [0.3, 0.4) is 0 Å². The zero-order valence-corrected chi connectivity index (χ0v) is 6.19. The molecule has 1 aliphatic rings. The Balaban J connectivity index is 0.000000810. The Morgan fingerprint density at radius 2 is 1.60 bits per heavy atom. The number of nitrogens with zero attached hydrogens (tertiary/aromatic N) is 1. The SMILES string of the molecule is Cl.NN1C(=O)CCCC1=O. The fourth-order valence-corrected chi connectivity index (χ4v) is 0.771. The summed E-state index contributed by atoms with van der Waals surface area (Å²) in [4.78, 5) is 21.2. The Hall–Kier alpha value is -0.610. The lowest BCUT2D eigenvalue weighted by atomic mass is 10.1. The van der Waals surface area contributed by atoms with E-state index in [4.69, 9.17) is 5.84 Å². The molecule has 1 fully saturated rings. The largest absolute Gasteiger partial charge is 0.273 e. The van der Waals surface area contributed by atoms with Crippen molar-refractivity contribution >= 4 is 24.2 Å². The van der Waals surface area contributed by atoms with E-state index in [0.717, 1.165) is 0 Å². The number of hydrogen-bond acceptors (Lipinski definition) is 3. The van der Waals surface area contributed by atoms with E-state index in [9.17, 15) is 9.59 Å². The third-order valence-corrected chi connectivity index (χ3v) is 1.32. The highest BCUT2D eigenvalue weighted by atomic mass is 35.5. The summed E-state index contributed by atoms with van der Waals surface area (Å²) < 4.78 is 0. The summed E-state index contributed by atoms with van der Waals surface area (Å²) in [6.45, 7) is 0. The molecule has 1 aliphatic heterocycles. The van der Waals surface area contributed by atoms with E-state index in [1.165, 1.54) is 0 Å². The molecule has 1 rings (SSSR count). The minimum Gasteiger partial charge on any atom is -0.273 e. The number of piperidine rings is 1. The van der Waals surface area contributed by atoms with Crippen molar-refractivity contribution in [2.45, 2.75) is 19.3 Å². The number of amides is 2.